The summed E-state index contributed by atoms with van der Waals surface area (Å²) >= 11 is 1.63. The molecule has 0 radical (unpaired) electrons. The second kappa shape index (κ2) is 6.03. The first-order chi connectivity index (χ1) is 9.78. The Morgan fingerprint density at radius 1 is 1.35 bits per heavy atom. The van der Waals surface area contributed by atoms with E-state index in [1.165, 1.54) is 0 Å². The Morgan fingerprint density at radius 2 is 2.15 bits per heavy atom. The van der Waals surface area contributed by atoms with E-state index < -0.39 is 0 Å². The molecule has 1 aliphatic heterocycles. The highest BCUT2D eigenvalue weighted by Crippen LogP contribution is 2.25. The van der Waals surface area contributed by atoms with E-state index in [4.69, 9.17) is 4.52 Å². The van der Waals surface area contributed by atoms with Gasteiger partial charge in [0.2, 0.25) is 11.7 Å². The summed E-state index contributed by atoms with van der Waals surface area (Å²) in [7, 11) is 0. The number of piperazine rings is 1. The van der Waals surface area contributed by atoms with Crippen molar-refractivity contribution >= 4 is 11.3 Å². The van der Waals surface area contributed by atoms with Crippen LogP contribution in [0, 0.1) is 0 Å². The lowest BCUT2D eigenvalue weighted by molar-refractivity contribution is 0.0914. The van der Waals surface area contributed by atoms with Crippen LogP contribution in [-0.4, -0.2) is 52.7 Å². The summed E-state index contributed by atoms with van der Waals surface area (Å²) in [5, 5.41) is 6.12. The highest BCUT2D eigenvalue weighted by Gasteiger charge is 2.25. The van der Waals surface area contributed by atoms with Crippen molar-refractivity contribution in [1.29, 1.82) is 0 Å². The maximum Gasteiger partial charge on any atom is 0.244 e. The first-order valence-corrected chi connectivity index (χ1v) is 7.99. The second-order valence-corrected chi connectivity index (χ2v) is 6.03. The number of hydrogen-bond acceptors (Lipinski definition) is 6. The van der Waals surface area contributed by atoms with Gasteiger partial charge >= 0.3 is 0 Å². The fraction of sp³-hybridized carbons (Fsp3) is 0.571. The minimum Gasteiger partial charge on any atom is -0.337 e. The molecule has 2 aromatic rings. The maximum atomic E-state index is 5.45. The zero-order chi connectivity index (χ0) is 13.9. The number of likely N-dealkylation sites (N-methyl/N-ethyl adjacent to an activating group) is 1. The molecule has 0 unspecified atom stereocenters. The molecule has 1 atom stereocenters. The molecule has 1 aliphatic rings. The molecule has 0 amide bonds. The van der Waals surface area contributed by atoms with Crippen molar-refractivity contribution in [3.63, 3.8) is 0 Å². The maximum absolute atomic E-state index is 5.45. The van der Waals surface area contributed by atoms with E-state index in [0.717, 1.165) is 43.5 Å². The van der Waals surface area contributed by atoms with E-state index in [9.17, 15) is 0 Å². The fourth-order valence-electron chi connectivity index (χ4n) is 2.53. The Balaban J connectivity index is 1.67. The van der Waals surface area contributed by atoms with Crippen molar-refractivity contribution in [3.8, 4) is 10.7 Å². The topological polar surface area (TPSA) is 45.4 Å². The molecule has 1 fully saturated rings. The molecule has 0 spiro atoms. The first-order valence-electron chi connectivity index (χ1n) is 7.12. The average Bonchev–Trinajstić information content (AvgIpc) is 3.17. The highest BCUT2D eigenvalue weighted by molar-refractivity contribution is 7.13. The molecule has 2 aromatic heterocycles. The summed E-state index contributed by atoms with van der Waals surface area (Å²) in [6.45, 7) is 9.85. The number of hydrogen-bond donors (Lipinski definition) is 0. The molecule has 108 valence electrons. The van der Waals surface area contributed by atoms with Gasteiger partial charge < -0.3 is 9.42 Å². The van der Waals surface area contributed by atoms with Gasteiger partial charge in [-0.15, -0.1) is 11.3 Å². The molecule has 1 saturated heterocycles. The smallest absolute Gasteiger partial charge is 0.244 e. The van der Waals surface area contributed by atoms with Crippen LogP contribution < -0.4 is 0 Å². The Hall–Kier alpha value is -1.24. The van der Waals surface area contributed by atoms with Crippen molar-refractivity contribution < 1.29 is 4.52 Å². The second-order valence-electron chi connectivity index (χ2n) is 5.08. The molecule has 0 bridgehead atoms. The monoisotopic (exact) mass is 292 g/mol. The molecular weight excluding hydrogens is 272 g/mol. The third-order valence-corrected chi connectivity index (χ3v) is 4.81. The third-order valence-electron chi connectivity index (χ3n) is 3.94. The average molecular weight is 292 g/mol. The van der Waals surface area contributed by atoms with E-state index in [0.29, 0.717) is 5.82 Å². The lowest BCUT2D eigenvalue weighted by Gasteiger charge is -2.36. The zero-order valence-electron chi connectivity index (χ0n) is 12.0. The fourth-order valence-corrected chi connectivity index (χ4v) is 3.18. The third kappa shape index (κ3) is 2.77. The molecule has 20 heavy (non-hydrogen) atoms. The van der Waals surface area contributed by atoms with E-state index in [1.54, 1.807) is 11.3 Å². The van der Waals surface area contributed by atoms with E-state index >= 15 is 0 Å². The van der Waals surface area contributed by atoms with Gasteiger partial charge in [0.25, 0.3) is 0 Å². The van der Waals surface area contributed by atoms with Gasteiger partial charge in [-0.25, -0.2) is 0 Å². The largest absolute Gasteiger partial charge is 0.337 e. The number of aromatic nitrogens is 2. The van der Waals surface area contributed by atoms with Crippen molar-refractivity contribution in [2.75, 3.05) is 32.7 Å². The predicted molar refractivity (Wildman–Crippen MR) is 79.7 cm³/mol. The molecule has 3 heterocycles. The normalized spacial score (nSPS) is 19.3. The van der Waals surface area contributed by atoms with Gasteiger partial charge in [-0.1, -0.05) is 18.1 Å². The lowest BCUT2D eigenvalue weighted by atomic mass is 10.2. The van der Waals surface area contributed by atoms with Crippen LogP contribution in [0.25, 0.3) is 10.7 Å². The van der Waals surface area contributed by atoms with Gasteiger partial charge in [0, 0.05) is 26.2 Å². The summed E-state index contributed by atoms with van der Waals surface area (Å²) in [4.78, 5) is 10.5. The molecule has 5 nitrogen and oxygen atoms in total. The minimum absolute atomic E-state index is 0.190. The predicted octanol–water partition coefficient (Wildman–Crippen LogP) is 2.50. The van der Waals surface area contributed by atoms with Gasteiger partial charge in [-0.2, -0.15) is 4.98 Å². The SMILES string of the molecule is CCN1CCN([C@@H](C)c2nc(-c3cccs3)no2)CC1. The molecule has 0 saturated carbocycles. The van der Waals surface area contributed by atoms with Crippen molar-refractivity contribution in [2.45, 2.75) is 19.9 Å². The van der Waals surface area contributed by atoms with Gasteiger partial charge in [-0.05, 0) is 24.9 Å². The van der Waals surface area contributed by atoms with Crippen LogP contribution in [0.2, 0.25) is 0 Å². The van der Waals surface area contributed by atoms with Crippen LogP contribution in [0.15, 0.2) is 22.0 Å². The summed E-state index contributed by atoms with van der Waals surface area (Å²) in [6.07, 6.45) is 0. The van der Waals surface area contributed by atoms with Crippen LogP contribution in [0.4, 0.5) is 0 Å². The Kier molecular flexibility index (Phi) is 4.14. The molecule has 0 aliphatic carbocycles. The van der Waals surface area contributed by atoms with E-state index in [-0.39, 0.29) is 6.04 Å². The van der Waals surface area contributed by atoms with Crippen LogP contribution >= 0.6 is 11.3 Å². The Morgan fingerprint density at radius 3 is 2.80 bits per heavy atom. The van der Waals surface area contributed by atoms with Crippen molar-refractivity contribution in [1.82, 2.24) is 19.9 Å². The van der Waals surface area contributed by atoms with Crippen LogP contribution in [-0.2, 0) is 0 Å². The molecule has 0 N–H and O–H groups in total. The van der Waals surface area contributed by atoms with Crippen molar-refractivity contribution in [3.05, 3.63) is 23.4 Å². The molecular formula is C14H20N4OS. The summed E-state index contributed by atoms with van der Waals surface area (Å²) in [5.41, 5.74) is 0. The summed E-state index contributed by atoms with van der Waals surface area (Å²) < 4.78 is 5.45. The number of thiophene rings is 1. The van der Waals surface area contributed by atoms with Gasteiger partial charge in [0.1, 0.15) is 0 Å². The zero-order valence-corrected chi connectivity index (χ0v) is 12.8. The quantitative estimate of drug-likeness (QED) is 0.866. The summed E-state index contributed by atoms with van der Waals surface area (Å²) in [5.74, 6) is 1.42. The highest BCUT2D eigenvalue weighted by atomic mass is 32.1. The van der Waals surface area contributed by atoms with Gasteiger partial charge in [-0.3, -0.25) is 4.90 Å². The van der Waals surface area contributed by atoms with Gasteiger partial charge in [0.05, 0.1) is 10.9 Å². The molecule has 6 heteroatoms. The Labute approximate surface area is 123 Å². The minimum atomic E-state index is 0.190. The van der Waals surface area contributed by atoms with Crippen LogP contribution in [0.1, 0.15) is 25.8 Å². The van der Waals surface area contributed by atoms with Crippen LogP contribution in [0.5, 0.6) is 0 Å². The van der Waals surface area contributed by atoms with Crippen molar-refractivity contribution in [2.24, 2.45) is 0 Å². The standard InChI is InChI=1S/C14H20N4OS/c1-3-17-6-8-18(9-7-17)11(2)14-15-13(16-19-14)12-5-4-10-20-12/h4-5,10-11H,3,6-9H2,1-2H3/t11-/m0/s1. The Bertz CT molecular complexity index is 531. The summed E-state index contributed by atoms with van der Waals surface area (Å²) in [6, 6.07) is 4.21. The van der Waals surface area contributed by atoms with E-state index in [2.05, 4.69) is 33.8 Å². The lowest BCUT2D eigenvalue weighted by Crippen LogP contribution is -2.46. The van der Waals surface area contributed by atoms with E-state index in [1.807, 2.05) is 17.5 Å². The number of nitrogens with zero attached hydrogens (tertiary/aromatic N) is 4. The number of rotatable bonds is 4. The molecule has 3 rings (SSSR count). The molecule has 0 aromatic carbocycles. The first kappa shape index (κ1) is 13.7. The van der Waals surface area contributed by atoms with Crippen LogP contribution in [0.3, 0.4) is 0 Å². The van der Waals surface area contributed by atoms with Gasteiger partial charge in [0.15, 0.2) is 0 Å².